The average Bonchev–Trinajstić information content (AvgIpc) is 2.48. The molecule has 1 heterocycles. The number of aliphatic imine (C=N–C) groups is 2. The van der Waals surface area contributed by atoms with Crippen molar-refractivity contribution in [2.75, 3.05) is 20.5 Å². The summed E-state index contributed by atoms with van der Waals surface area (Å²) < 4.78 is 11.1. The maximum Gasteiger partial charge on any atom is 0.210 e. The molecule has 1 rings (SSSR count). The molecule has 0 radical (unpaired) electrons. The summed E-state index contributed by atoms with van der Waals surface area (Å²) in [5, 5.41) is 0. The second kappa shape index (κ2) is 7.34. The van der Waals surface area contributed by atoms with Gasteiger partial charge in [-0.05, 0) is 25.0 Å². The summed E-state index contributed by atoms with van der Waals surface area (Å²) in [5.74, 6) is 1.81. The summed E-state index contributed by atoms with van der Waals surface area (Å²) in [6.07, 6.45) is 4.17. The molecule has 1 aliphatic heterocycles. The minimum atomic E-state index is -0.0672. The lowest BCUT2D eigenvalue weighted by Gasteiger charge is -2.38. The lowest BCUT2D eigenvalue weighted by Crippen LogP contribution is -2.48. The van der Waals surface area contributed by atoms with Crippen molar-refractivity contribution in [1.29, 1.82) is 0 Å². The Kier molecular flexibility index (Phi) is 6.37. The van der Waals surface area contributed by atoms with Gasteiger partial charge in [-0.2, -0.15) is 11.8 Å². The molecule has 0 bridgehead atoms. The number of ether oxygens (including phenoxy) is 2. The zero-order valence-corrected chi connectivity index (χ0v) is 14.6. The number of hydrogen-bond donors (Lipinski definition) is 0. The van der Waals surface area contributed by atoms with E-state index in [-0.39, 0.29) is 16.8 Å². The number of rotatable bonds is 5. The van der Waals surface area contributed by atoms with E-state index in [2.05, 4.69) is 34.0 Å². The van der Waals surface area contributed by atoms with Crippen molar-refractivity contribution in [2.24, 2.45) is 15.9 Å². The quantitative estimate of drug-likeness (QED) is 0.781. The van der Waals surface area contributed by atoms with Gasteiger partial charge in [0.05, 0.1) is 14.2 Å². The zero-order chi connectivity index (χ0) is 15.3. The van der Waals surface area contributed by atoms with E-state index in [1.165, 1.54) is 0 Å². The second-order valence-electron chi connectivity index (χ2n) is 5.41. The molecule has 0 spiro atoms. The van der Waals surface area contributed by atoms with Crippen molar-refractivity contribution in [1.82, 2.24) is 0 Å². The molecule has 0 fully saturated rings. The number of nitrogens with zero attached hydrogens (tertiary/aromatic N) is 2. The van der Waals surface area contributed by atoms with E-state index in [1.54, 1.807) is 14.2 Å². The molecule has 20 heavy (non-hydrogen) atoms. The fraction of sp³-hybridized carbons (Fsp3) is 0.867. The van der Waals surface area contributed by atoms with E-state index in [4.69, 9.17) is 19.5 Å². The third-order valence-corrected chi connectivity index (χ3v) is 5.77. The first-order valence-corrected chi connectivity index (χ1v) is 8.50. The van der Waals surface area contributed by atoms with Crippen LogP contribution in [0.1, 0.15) is 40.5 Å². The molecule has 1 aliphatic rings. The highest BCUT2D eigenvalue weighted by Crippen LogP contribution is 2.38. The van der Waals surface area contributed by atoms with E-state index in [0.29, 0.717) is 5.92 Å². The molecule has 0 N–H and O–H groups in total. The molecular weight excluding hydrogens is 272 g/mol. The van der Waals surface area contributed by atoms with Gasteiger partial charge in [-0.25, -0.2) is 9.98 Å². The monoisotopic (exact) mass is 300 g/mol. The van der Waals surface area contributed by atoms with Crippen LogP contribution < -0.4 is 0 Å². The Balaban J connectivity index is 3.25. The molecule has 2 atom stereocenters. The summed E-state index contributed by atoms with van der Waals surface area (Å²) in [7, 11) is 3.37. The minimum absolute atomic E-state index is 0.0145. The van der Waals surface area contributed by atoms with Crippen LogP contribution in [0.25, 0.3) is 0 Å². The van der Waals surface area contributed by atoms with Gasteiger partial charge in [0.25, 0.3) is 0 Å². The van der Waals surface area contributed by atoms with Crippen LogP contribution in [0.2, 0.25) is 0 Å². The normalized spacial score (nSPS) is 23.4. The van der Waals surface area contributed by atoms with E-state index >= 15 is 0 Å². The Morgan fingerprint density at radius 1 is 1.10 bits per heavy atom. The van der Waals surface area contributed by atoms with Gasteiger partial charge in [-0.1, -0.05) is 27.7 Å². The first kappa shape index (κ1) is 17.3. The van der Waals surface area contributed by atoms with Crippen molar-refractivity contribution in [2.45, 2.75) is 57.4 Å². The molecule has 0 unspecified atom stereocenters. The standard InChI is InChI=1S/C15H28N2O2S/c1-8-15(9-2,20-7)12-14(19-6)16-11(10(3)4)13(17-12)18-5/h10-12H,8-9H2,1-7H3/t11-,12-/m0/s1. The van der Waals surface area contributed by atoms with Crippen LogP contribution in [0, 0.1) is 5.92 Å². The third-order valence-electron chi connectivity index (χ3n) is 4.16. The van der Waals surface area contributed by atoms with Crippen LogP contribution in [0.4, 0.5) is 0 Å². The molecule has 0 aromatic heterocycles. The molecule has 0 saturated heterocycles. The Morgan fingerprint density at radius 3 is 2.00 bits per heavy atom. The van der Waals surface area contributed by atoms with Gasteiger partial charge in [-0.3, -0.25) is 0 Å². The molecule has 0 aliphatic carbocycles. The molecule has 4 nitrogen and oxygen atoms in total. The van der Waals surface area contributed by atoms with Gasteiger partial charge >= 0.3 is 0 Å². The van der Waals surface area contributed by atoms with Crippen LogP contribution in [0.3, 0.4) is 0 Å². The number of hydrogen-bond acceptors (Lipinski definition) is 5. The Labute approximate surface area is 127 Å². The highest BCUT2D eigenvalue weighted by atomic mass is 32.2. The van der Waals surface area contributed by atoms with E-state index in [0.717, 1.165) is 24.6 Å². The van der Waals surface area contributed by atoms with E-state index in [9.17, 15) is 0 Å². The third kappa shape index (κ3) is 3.13. The van der Waals surface area contributed by atoms with Crippen LogP contribution in [-0.2, 0) is 9.47 Å². The van der Waals surface area contributed by atoms with Gasteiger partial charge in [-0.15, -0.1) is 0 Å². The lowest BCUT2D eigenvalue weighted by molar-refractivity contribution is 0.317. The second-order valence-corrected chi connectivity index (χ2v) is 6.63. The topological polar surface area (TPSA) is 43.2 Å². The van der Waals surface area contributed by atoms with Crippen LogP contribution in [0.5, 0.6) is 0 Å². The minimum Gasteiger partial charge on any atom is -0.483 e. The van der Waals surface area contributed by atoms with Gasteiger partial charge in [0.1, 0.15) is 12.1 Å². The highest BCUT2D eigenvalue weighted by Gasteiger charge is 2.43. The zero-order valence-electron chi connectivity index (χ0n) is 13.8. The fourth-order valence-electron chi connectivity index (χ4n) is 2.67. The maximum atomic E-state index is 5.56. The van der Waals surface area contributed by atoms with Crippen molar-refractivity contribution in [3.05, 3.63) is 0 Å². The van der Waals surface area contributed by atoms with Gasteiger partial charge in [0.2, 0.25) is 11.8 Å². The highest BCUT2D eigenvalue weighted by molar-refractivity contribution is 8.00. The summed E-state index contributed by atoms with van der Waals surface area (Å²) in [4.78, 5) is 9.63. The van der Waals surface area contributed by atoms with Crippen LogP contribution in [-0.4, -0.2) is 49.1 Å². The number of thioether (sulfide) groups is 1. The Morgan fingerprint density at radius 2 is 1.65 bits per heavy atom. The Hall–Kier alpha value is -0.710. The van der Waals surface area contributed by atoms with Crippen molar-refractivity contribution >= 4 is 23.6 Å². The summed E-state index contributed by atoms with van der Waals surface area (Å²) >= 11 is 1.84. The summed E-state index contributed by atoms with van der Waals surface area (Å²) in [6, 6.07) is -0.109. The first-order chi connectivity index (χ1) is 9.49. The average molecular weight is 300 g/mol. The van der Waals surface area contributed by atoms with Gasteiger partial charge in [0, 0.05) is 4.75 Å². The number of methoxy groups -OCH3 is 2. The predicted molar refractivity (Wildman–Crippen MR) is 88.1 cm³/mol. The van der Waals surface area contributed by atoms with Crippen LogP contribution in [0.15, 0.2) is 9.98 Å². The lowest BCUT2D eigenvalue weighted by atomic mass is 9.91. The molecule has 0 saturated carbocycles. The molecule has 116 valence electrons. The molecule has 0 aromatic rings. The van der Waals surface area contributed by atoms with Crippen molar-refractivity contribution in [3.63, 3.8) is 0 Å². The molecular formula is C15H28N2O2S. The molecule has 0 aromatic carbocycles. The SMILES string of the molecule is CCC(CC)(SC)[C@H]1N=C(OC)[C@H](C(C)C)N=C1OC. The largest absolute Gasteiger partial charge is 0.483 e. The smallest absolute Gasteiger partial charge is 0.210 e. The van der Waals surface area contributed by atoms with Crippen LogP contribution >= 0.6 is 11.8 Å². The van der Waals surface area contributed by atoms with Crippen molar-refractivity contribution in [3.8, 4) is 0 Å². The predicted octanol–water partition coefficient (Wildman–Crippen LogP) is 3.40. The van der Waals surface area contributed by atoms with E-state index in [1.807, 2.05) is 11.8 Å². The molecule has 5 heteroatoms. The van der Waals surface area contributed by atoms with E-state index < -0.39 is 0 Å². The van der Waals surface area contributed by atoms with Gasteiger partial charge in [0.15, 0.2) is 0 Å². The summed E-state index contributed by atoms with van der Waals surface area (Å²) in [5.41, 5.74) is 0. The first-order valence-electron chi connectivity index (χ1n) is 7.28. The van der Waals surface area contributed by atoms with Crippen molar-refractivity contribution < 1.29 is 9.47 Å². The molecule has 0 amide bonds. The maximum absolute atomic E-state index is 5.56. The van der Waals surface area contributed by atoms with Gasteiger partial charge < -0.3 is 9.47 Å². The summed E-state index contributed by atoms with van der Waals surface area (Å²) in [6.45, 7) is 8.64. The Bertz CT molecular complexity index is 368. The fourth-order valence-corrected chi connectivity index (χ4v) is 3.63.